The number of hydrogen-bond donors (Lipinski definition) is 0. The summed E-state index contributed by atoms with van der Waals surface area (Å²) in [4.78, 5) is 6.18. The molecular formula is C20H23ClN2S. The molecule has 0 bridgehead atoms. The van der Waals surface area contributed by atoms with Crippen molar-refractivity contribution >= 4 is 34.4 Å². The number of benzene rings is 2. The molecule has 1 heterocycles. The number of rotatable bonds is 6. The number of nitrogens with zero attached hydrogens (tertiary/aromatic N) is 2. The Bertz CT molecular complexity index is 839. The van der Waals surface area contributed by atoms with Crippen LogP contribution in [0, 0.1) is 0 Å². The zero-order valence-corrected chi connectivity index (χ0v) is 16.0. The summed E-state index contributed by atoms with van der Waals surface area (Å²) < 4.78 is 2.33. The third-order valence-electron chi connectivity index (χ3n) is 3.97. The lowest BCUT2D eigenvalue weighted by atomic mass is 10.2. The van der Waals surface area contributed by atoms with Gasteiger partial charge in [0.25, 0.3) is 0 Å². The Morgan fingerprint density at radius 2 is 2.00 bits per heavy atom. The SMILES string of the molecule is CCCSc1ccc2nc(C(C)C)n(Cc3cccc(Cl)c3)c2c1. The minimum atomic E-state index is 0.378. The monoisotopic (exact) mass is 358 g/mol. The van der Waals surface area contributed by atoms with Crippen LogP contribution in [0.1, 0.15) is 44.5 Å². The molecule has 0 unspecified atom stereocenters. The highest BCUT2D eigenvalue weighted by Crippen LogP contribution is 2.28. The highest BCUT2D eigenvalue weighted by molar-refractivity contribution is 7.99. The predicted octanol–water partition coefficient (Wildman–Crippen LogP) is 6.36. The molecule has 0 saturated heterocycles. The summed E-state index contributed by atoms with van der Waals surface area (Å²) in [7, 11) is 0. The maximum atomic E-state index is 6.16. The zero-order valence-electron chi connectivity index (χ0n) is 14.4. The second-order valence-corrected chi connectivity index (χ2v) is 7.94. The van der Waals surface area contributed by atoms with Crippen molar-refractivity contribution in [2.75, 3.05) is 5.75 Å². The van der Waals surface area contributed by atoms with Crippen molar-refractivity contribution < 1.29 is 0 Å². The highest BCUT2D eigenvalue weighted by Gasteiger charge is 2.14. The van der Waals surface area contributed by atoms with E-state index in [1.807, 2.05) is 30.0 Å². The van der Waals surface area contributed by atoms with Gasteiger partial charge in [-0.3, -0.25) is 0 Å². The normalized spacial score (nSPS) is 11.5. The Morgan fingerprint density at radius 1 is 1.17 bits per heavy atom. The second kappa shape index (κ2) is 7.62. The van der Waals surface area contributed by atoms with Gasteiger partial charge in [-0.1, -0.05) is 44.5 Å². The minimum Gasteiger partial charge on any atom is -0.323 e. The van der Waals surface area contributed by atoms with E-state index < -0.39 is 0 Å². The lowest BCUT2D eigenvalue weighted by molar-refractivity contribution is 0.683. The van der Waals surface area contributed by atoms with E-state index in [0.717, 1.165) is 28.7 Å². The van der Waals surface area contributed by atoms with Crippen LogP contribution < -0.4 is 0 Å². The maximum absolute atomic E-state index is 6.16. The van der Waals surface area contributed by atoms with Gasteiger partial charge in [0.15, 0.2) is 0 Å². The van der Waals surface area contributed by atoms with Crippen LogP contribution in [0.5, 0.6) is 0 Å². The summed E-state index contributed by atoms with van der Waals surface area (Å²) in [5, 5.41) is 0.780. The van der Waals surface area contributed by atoms with Gasteiger partial charge in [-0.05, 0) is 48.1 Å². The van der Waals surface area contributed by atoms with Crippen molar-refractivity contribution in [2.45, 2.75) is 44.6 Å². The molecule has 2 aromatic carbocycles. The van der Waals surface area contributed by atoms with E-state index in [0.29, 0.717) is 5.92 Å². The molecule has 0 radical (unpaired) electrons. The van der Waals surface area contributed by atoms with Gasteiger partial charge in [0, 0.05) is 22.4 Å². The van der Waals surface area contributed by atoms with Crippen molar-refractivity contribution in [1.29, 1.82) is 0 Å². The van der Waals surface area contributed by atoms with Gasteiger partial charge in [-0.25, -0.2) is 4.98 Å². The van der Waals surface area contributed by atoms with Crippen molar-refractivity contribution in [3.8, 4) is 0 Å². The van der Waals surface area contributed by atoms with Crippen LogP contribution >= 0.6 is 23.4 Å². The molecule has 0 aliphatic heterocycles. The largest absolute Gasteiger partial charge is 0.323 e. The molecule has 0 atom stereocenters. The molecule has 0 aliphatic carbocycles. The van der Waals surface area contributed by atoms with Crippen LogP contribution in [-0.2, 0) is 6.54 Å². The van der Waals surface area contributed by atoms with Crippen LogP contribution in [-0.4, -0.2) is 15.3 Å². The number of aromatic nitrogens is 2. The molecule has 1 aromatic heterocycles. The summed E-state index contributed by atoms with van der Waals surface area (Å²) in [5.41, 5.74) is 3.48. The fourth-order valence-corrected chi connectivity index (χ4v) is 3.87. The van der Waals surface area contributed by atoms with Gasteiger partial charge >= 0.3 is 0 Å². The quantitative estimate of drug-likeness (QED) is 0.477. The van der Waals surface area contributed by atoms with E-state index in [4.69, 9.17) is 16.6 Å². The van der Waals surface area contributed by atoms with Crippen LogP contribution in [0.25, 0.3) is 11.0 Å². The highest BCUT2D eigenvalue weighted by atomic mass is 35.5. The molecule has 0 spiro atoms. The first-order valence-corrected chi connectivity index (χ1v) is 9.82. The topological polar surface area (TPSA) is 17.8 Å². The first kappa shape index (κ1) is 17.4. The summed E-state index contributed by atoms with van der Waals surface area (Å²) in [6, 6.07) is 14.7. The van der Waals surface area contributed by atoms with E-state index >= 15 is 0 Å². The van der Waals surface area contributed by atoms with E-state index in [1.165, 1.54) is 22.4 Å². The smallest absolute Gasteiger partial charge is 0.112 e. The van der Waals surface area contributed by atoms with E-state index in [9.17, 15) is 0 Å². The Labute approximate surface area is 153 Å². The van der Waals surface area contributed by atoms with E-state index in [-0.39, 0.29) is 0 Å². The maximum Gasteiger partial charge on any atom is 0.112 e. The Balaban J connectivity index is 2.06. The first-order valence-electron chi connectivity index (χ1n) is 8.46. The Kier molecular flexibility index (Phi) is 5.52. The Morgan fingerprint density at radius 3 is 2.71 bits per heavy atom. The van der Waals surface area contributed by atoms with Crippen LogP contribution in [0.2, 0.25) is 5.02 Å². The van der Waals surface area contributed by atoms with Crippen LogP contribution in [0.4, 0.5) is 0 Å². The number of imidazole rings is 1. The molecule has 0 saturated carbocycles. The summed E-state index contributed by atoms with van der Waals surface area (Å²) in [6.45, 7) is 7.41. The molecule has 2 nitrogen and oxygen atoms in total. The van der Waals surface area contributed by atoms with Gasteiger partial charge in [-0.15, -0.1) is 11.8 Å². The molecule has 126 valence electrons. The molecule has 3 rings (SSSR count). The molecule has 3 aromatic rings. The number of hydrogen-bond acceptors (Lipinski definition) is 2. The fourth-order valence-electron chi connectivity index (χ4n) is 2.86. The Hall–Kier alpha value is -1.45. The number of halogens is 1. The van der Waals surface area contributed by atoms with Crippen molar-refractivity contribution in [3.63, 3.8) is 0 Å². The van der Waals surface area contributed by atoms with Gasteiger partial charge in [0.1, 0.15) is 5.82 Å². The molecule has 0 fully saturated rings. The second-order valence-electron chi connectivity index (χ2n) is 6.34. The zero-order chi connectivity index (χ0) is 17.1. The third-order valence-corrected chi connectivity index (χ3v) is 5.40. The lowest BCUT2D eigenvalue weighted by Gasteiger charge is -2.12. The lowest BCUT2D eigenvalue weighted by Crippen LogP contribution is -2.06. The van der Waals surface area contributed by atoms with E-state index in [2.05, 4.69) is 49.6 Å². The molecular weight excluding hydrogens is 336 g/mol. The third kappa shape index (κ3) is 3.79. The van der Waals surface area contributed by atoms with Crippen LogP contribution in [0.15, 0.2) is 47.4 Å². The van der Waals surface area contributed by atoms with Gasteiger partial charge in [-0.2, -0.15) is 0 Å². The molecule has 24 heavy (non-hydrogen) atoms. The molecule has 0 N–H and O–H groups in total. The first-order chi connectivity index (χ1) is 11.6. The number of fused-ring (bicyclic) bond motifs is 1. The fraction of sp³-hybridized carbons (Fsp3) is 0.350. The van der Waals surface area contributed by atoms with Gasteiger partial charge in [0.2, 0.25) is 0 Å². The standard InChI is InChI=1S/C20H23ClN2S/c1-4-10-24-17-8-9-18-19(12-17)23(20(22-18)14(2)3)13-15-6-5-7-16(21)11-15/h5-9,11-12,14H,4,10,13H2,1-3H3. The number of thioether (sulfide) groups is 1. The molecule has 4 heteroatoms. The summed E-state index contributed by atoms with van der Waals surface area (Å²) in [5.74, 6) is 2.65. The van der Waals surface area contributed by atoms with Crippen molar-refractivity contribution in [2.24, 2.45) is 0 Å². The summed E-state index contributed by atoms with van der Waals surface area (Å²) >= 11 is 8.07. The molecule has 0 amide bonds. The average Bonchev–Trinajstić information content (AvgIpc) is 2.91. The average molecular weight is 359 g/mol. The van der Waals surface area contributed by atoms with Crippen LogP contribution in [0.3, 0.4) is 0 Å². The van der Waals surface area contributed by atoms with Gasteiger partial charge < -0.3 is 4.57 Å². The van der Waals surface area contributed by atoms with Crippen molar-refractivity contribution in [1.82, 2.24) is 9.55 Å². The predicted molar refractivity (Wildman–Crippen MR) is 105 cm³/mol. The minimum absolute atomic E-state index is 0.378. The van der Waals surface area contributed by atoms with E-state index in [1.54, 1.807) is 0 Å². The summed E-state index contributed by atoms with van der Waals surface area (Å²) in [6.07, 6.45) is 1.18. The van der Waals surface area contributed by atoms with Crippen molar-refractivity contribution in [3.05, 3.63) is 58.9 Å². The molecule has 0 aliphatic rings. The van der Waals surface area contributed by atoms with Gasteiger partial charge in [0.05, 0.1) is 11.0 Å².